The summed E-state index contributed by atoms with van der Waals surface area (Å²) in [7, 11) is 0. The van der Waals surface area contributed by atoms with Gasteiger partial charge in [-0.1, -0.05) is 29.8 Å². The molecule has 0 radical (unpaired) electrons. The van der Waals surface area contributed by atoms with E-state index in [1.165, 1.54) is 11.1 Å². The Labute approximate surface area is 136 Å². The van der Waals surface area contributed by atoms with Crippen molar-refractivity contribution in [2.75, 3.05) is 13.2 Å². The third kappa shape index (κ3) is 4.01. The van der Waals surface area contributed by atoms with Gasteiger partial charge in [0.15, 0.2) is 0 Å². The van der Waals surface area contributed by atoms with Crippen LogP contribution >= 0.6 is 11.6 Å². The van der Waals surface area contributed by atoms with E-state index < -0.39 is 0 Å². The number of amides is 1. The summed E-state index contributed by atoms with van der Waals surface area (Å²) in [5.41, 5.74) is 4.02. The van der Waals surface area contributed by atoms with Crippen molar-refractivity contribution >= 4 is 17.5 Å². The lowest BCUT2D eigenvalue weighted by molar-refractivity contribution is 0.0947. The van der Waals surface area contributed by atoms with Gasteiger partial charge in [-0.3, -0.25) is 4.79 Å². The molecule has 0 spiro atoms. The Kier molecular flexibility index (Phi) is 5.45. The van der Waals surface area contributed by atoms with Crippen molar-refractivity contribution in [3.8, 4) is 5.75 Å². The first-order valence-corrected chi connectivity index (χ1v) is 7.60. The Balaban J connectivity index is 1.86. The van der Waals surface area contributed by atoms with Gasteiger partial charge in [-0.05, 0) is 55.7 Å². The molecule has 0 atom stereocenters. The second-order valence-corrected chi connectivity index (χ2v) is 5.69. The molecule has 3 nitrogen and oxygen atoms in total. The molecule has 0 aliphatic heterocycles. The third-order valence-electron chi connectivity index (χ3n) is 3.55. The maximum absolute atomic E-state index is 12.0. The first kappa shape index (κ1) is 16.4. The van der Waals surface area contributed by atoms with E-state index in [2.05, 4.69) is 25.2 Å². The molecule has 0 unspecified atom stereocenters. The fourth-order valence-electron chi connectivity index (χ4n) is 2.16. The number of hydrogen-bond donors (Lipinski definition) is 1. The van der Waals surface area contributed by atoms with Gasteiger partial charge in [0.1, 0.15) is 12.4 Å². The van der Waals surface area contributed by atoms with Crippen LogP contribution < -0.4 is 10.1 Å². The van der Waals surface area contributed by atoms with Crippen LogP contribution in [0.15, 0.2) is 36.4 Å². The summed E-state index contributed by atoms with van der Waals surface area (Å²) in [5, 5.41) is 3.26. The van der Waals surface area contributed by atoms with Gasteiger partial charge in [0.05, 0.1) is 17.1 Å². The molecule has 0 fully saturated rings. The summed E-state index contributed by atoms with van der Waals surface area (Å²) in [5.74, 6) is 0.668. The molecule has 1 amide bonds. The van der Waals surface area contributed by atoms with Gasteiger partial charge in [-0.15, -0.1) is 0 Å². The van der Waals surface area contributed by atoms with E-state index in [1.54, 1.807) is 24.3 Å². The van der Waals surface area contributed by atoms with Crippen molar-refractivity contribution in [1.29, 1.82) is 0 Å². The zero-order valence-corrected chi connectivity index (χ0v) is 13.8. The fraction of sp³-hybridized carbons (Fsp3) is 0.278. The molecule has 2 aromatic rings. The average Bonchev–Trinajstić information content (AvgIpc) is 2.48. The minimum Gasteiger partial charge on any atom is -0.491 e. The van der Waals surface area contributed by atoms with Gasteiger partial charge in [-0.2, -0.15) is 0 Å². The third-order valence-corrected chi connectivity index (χ3v) is 3.88. The predicted octanol–water partition coefficient (Wildman–Crippen LogP) is 4.07. The predicted molar refractivity (Wildman–Crippen MR) is 89.9 cm³/mol. The number of carbonyl (C=O) groups excluding carboxylic acids is 1. The van der Waals surface area contributed by atoms with Crippen LogP contribution in [0.1, 0.15) is 27.0 Å². The van der Waals surface area contributed by atoms with E-state index in [0.717, 1.165) is 11.3 Å². The van der Waals surface area contributed by atoms with Crippen LogP contribution in [0.4, 0.5) is 0 Å². The van der Waals surface area contributed by atoms with E-state index in [0.29, 0.717) is 23.7 Å². The highest BCUT2D eigenvalue weighted by Crippen LogP contribution is 2.22. The van der Waals surface area contributed by atoms with Crippen LogP contribution in [-0.2, 0) is 0 Å². The second-order valence-electron chi connectivity index (χ2n) is 5.29. The maximum Gasteiger partial charge on any atom is 0.252 e. The van der Waals surface area contributed by atoms with E-state index in [1.807, 2.05) is 13.0 Å². The molecular weight excluding hydrogens is 298 g/mol. The Morgan fingerprint density at radius 1 is 1.09 bits per heavy atom. The molecule has 0 saturated carbocycles. The largest absolute Gasteiger partial charge is 0.491 e. The lowest BCUT2D eigenvalue weighted by Gasteiger charge is -2.12. The van der Waals surface area contributed by atoms with Crippen LogP contribution in [0.5, 0.6) is 5.75 Å². The van der Waals surface area contributed by atoms with Crippen LogP contribution in [0, 0.1) is 20.8 Å². The maximum atomic E-state index is 12.0. The first-order valence-electron chi connectivity index (χ1n) is 7.22. The molecule has 0 aliphatic carbocycles. The summed E-state index contributed by atoms with van der Waals surface area (Å²) >= 11 is 5.99. The number of nitrogens with one attached hydrogen (secondary N) is 1. The van der Waals surface area contributed by atoms with Crippen molar-refractivity contribution < 1.29 is 9.53 Å². The highest BCUT2D eigenvalue weighted by atomic mass is 35.5. The molecule has 116 valence electrons. The standard InChI is InChI=1S/C18H20ClNO2/c1-12-10-14(3)17(11-13(12)2)22-9-8-20-18(21)15-6-4-5-7-16(15)19/h4-7,10-11H,8-9H2,1-3H3,(H,20,21). The number of ether oxygens (including phenoxy) is 1. The lowest BCUT2D eigenvalue weighted by atomic mass is 10.1. The van der Waals surface area contributed by atoms with Gasteiger partial charge >= 0.3 is 0 Å². The molecule has 0 bridgehead atoms. The van der Waals surface area contributed by atoms with Crippen molar-refractivity contribution in [3.05, 3.63) is 63.7 Å². The first-order chi connectivity index (χ1) is 10.5. The van der Waals surface area contributed by atoms with Gasteiger partial charge in [-0.25, -0.2) is 0 Å². The molecule has 4 heteroatoms. The van der Waals surface area contributed by atoms with Crippen molar-refractivity contribution in [2.24, 2.45) is 0 Å². The van der Waals surface area contributed by atoms with Crippen molar-refractivity contribution in [1.82, 2.24) is 5.32 Å². The van der Waals surface area contributed by atoms with E-state index in [-0.39, 0.29) is 5.91 Å². The normalized spacial score (nSPS) is 10.4. The van der Waals surface area contributed by atoms with E-state index in [9.17, 15) is 4.79 Å². The Bertz CT molecular complexity index is 683. The van der Waals surface area contributed by atoms with Crippen LogP contribution in [-0.4, -0.2) is 19.1 Å². The molecule has 0 heterocycles. The Morgan fingerprint density at radius 2 is 1.77 bits per heavy atom. The molecule has 1 N–H and O–H groups in total. The smallest absolute Gasteiger partial charge is 0.252 e. The number of benzene rings is 2. The van der Waals surface area contributed by atoms with Gasteiger partial charge in [0, 0.05) is 0 Å². The number of aryl methyl sites for hydroxylation is 3. The summed E-state index contributed by atoms with van der Waals surface area (Å²) in [4.78, 5) is 12.0. The Hall–Kier alpha value is -2.00. The average molecular weight is 318 g/mol. The van der Waals surface area contributed by atoms with Crippen LogP contribution in [0.25, 0.3) is 0 Å². The number of carbonyl (C=O) groups is 1. The van der Waals surface area contributed by atoms with Gasteiger partial charge in [0.2, 0.25) is 0 Å². The number of rotatable bonds is 5. The van der Waals surface area contributed by atoms with E-state index >= 15 is 0 Å². The van der Waals surface area contributed by atoms with Crippen molar-refractivity contribution in [3.63, 3.8) is 0 Å². The fourth-order valence-corrected chi connectivity index (χ4v) is 2.38. The zero-order valence-electron chi connectivity index (χ0n) is 13.1. The molecular formula is C18H20ClNO2. The quantitative estimate of drug-likeness (QED) is 0.844. The monoisotopic (exact) mass is 317 g/mol. The van der Waals surface area contributed by atoms with Crippen LogP contribution in [0.2, 0.25) is 5.02 Å². The Morgan fingerprint density at radius 3 is 2.50 bits per heavy atom. The zero-order chi connectivity index (χ0) is 16.1. The highest BCUT2D eigenvalue weighted by molar-refractivity contribution is 6.33. The summed E-state index contributed by atoms with van der Waals surface area (Å²) in [6, 6.07) is 11.1. The van der Waals surface area contributed by atoms with Gasteiger partial charge in [0.25, 0.3) is 5.91 Å². The highest BCUT2D eigenvalue weighted by Gasteiger charge is 2.09. The molecule has 2 rings (SSSR count). The molecule has 0 aromatic heterocycles. The topological polar surface area (TPSA) is 38.3 Å². The van der Waals surface area contributed by atoms with Gasteiger partial charge < -0.3 is 10.1 Å². The lowest BCUT2D eigenvalue weighted by Crippen LogP contribution is -2.28. The molecule has 2 aromatic carbocycles. The number of hydrogen-bond acceptors (Lipinski definition) is 2. The second kappa shape index (κ2) is 7.32. The summed E-state index contributed by atoms with van der Waals surface area (Å²) in [6.45, 7) is 7.00. The van der Waals surface area contributed by atoms with Crippen molar-refractivity contribution in [2.45, 2.75) is 20.8 Å². The summed E-state index contributed by atoms with van der Waals surface area (Å²) < 4.78 is 5.74. The minimum absolute atomic E-state index is 0.189. The van der Waals surface area contributed by atoms with E-state index in [4.69, 9.17) is 16.3 Å². The molecule has 22 heavy (non-hydrogen) atoms. The molecule has 0 saturated heterocycles. The summed E-state index contributed by atoms with van der Waals surface area (Å²) in [6.07, 6.45) is 0. The van der Waals surface area contributed by atoms with Crippen LogP contribution in [0.3, 0.4) is 0 Å². The minimum atomic E-state index is -0.189. The SMILES string of the molecule is Cc1cc(C)c(OCCNC(=O)c2ccccc2Cl)cc1C. The molecule has 0 aliphatic rings. The number of halogens is 1.